The molecule has 0 saturated carbocycles. The summed E-state index contributed by atoms with van der Waals surface area (Å²) in [6.07, 6.45) is -0.282. The molecular weight excluding hydrogens is 220 g/mol. The number of rotatable bonds is 5. The number of hydrogen-bond acceptors (Lipinski definition) is 4. The normalized spacial score (nSPS) is 13.8. The van der Waals surface area contributed by atoms with Crippen LogP contribution >= 0.6 is 0 Å². The van der Waals surface area contributed by atoms with E-state index in [-0.39, 0.29) is 18.8 Å². The molecule has 0 unspecified atom stereocenters. The minimum atomic E-state index is -1.77. The van der Waals surface area contributed by atoms with Gasteiger partial charge in [0.15, 0.2) is 11.4 Å². The highest BCUT2D eigenvalue weighted by molar-refractivity contribution is 5.99. The van der Waals surface area contributed by atoms with Gasteiger partial charge in [-0.05, 0) is 13.8 Å². The Kier molecular flexibility index (Phi) is 4.40. The topological polar surface area (TPSA) is 63.6 Å². The van der Waals surface area contributed by atoms with Crippen LogP contribution in [0.1, 0.15) is 30.6 Å². The lowest BCUT2D eigenvalue weighted by Gasteiger charge is -2.19. The molecule has 4 heteroatoms. The zero-order valence-electron chi connectivity index (χ0n) is 9.97. The second-order valence-corrected chi connectivity index (χ2v) is 3.96. The monoisotopic (exact) mass is 236 g/mol. The number of carbonyl (C=O) groups excluding carboxylic acids is 2. The molecule has 4 nitrogen and oxygen atoms in total. The van der Waals surface area contributed by atoms with Crippen LogP contribution in [0.25, 0.3) is 0 Å². The lowest BCUT2D eigenvalue weighted by atomic mass is 9.96. The number of hydrogen-bond donors (Lipinski definition) is 1. The first kappa shape index (κ1) is 13.4. The maximum absolute atomic E-state index is 11.8. The molecule has 0 aliphatic rings. The standard InChI is InChI=1S/C13H16O4/c1-3-17-12(15)13(2,16)9-11(14)10-7-5-4-6-8-10/h4-8,16H,3,9H2,1-2H3/t13-/m0/s1. The molecule has 1 rings (SSSR count). The van der Waals surface area contributed by atoms with E-state index in [2.05, 4.69) is 0 Å². The van der Waals surface area contributed by atoms with Crippen LogP contribution in [0, 0.1) is 0 Å². The lowest BCUT2D eigenvalue weighted by molar-refractivity contribution is -0.162. The molecule has 0 bridgehead atoms. The van der Waals surface area contributed by atoms with Crippen LogP contribution in [0.2, 0.25) is 0 Å². The van der Waals surface area contributed by atoms with Crippen LogP contribution in [-0.4, -0.2) is 29.1 Å². The molecule has 0 radical (unpaired) electrons. The van der Waals surface area contributed by atoms with Crippen LogP contribution in [0.3, 0.4) is 0 Å². The van der Waals surface area contributed by atoms with E-state index in [0.29, 0.717) is 5.56 Å². The first-order valence-corrected chi connectivity index (χ1v) is 5.45. The Morgan fingerprint density at radius 3 is 2.41 bits per heavy atom. The third-order valence-corrected chi connectivity index (χ3v) is 2.32. The first-order chi connectivity index (χ1) is 7.97. The van der Waals surface area contributed by atoms with Crippen molar-refractivity contribution in [2.75, 3.05) is 6.61 Å². The summed E-state index contributed by atoms with van der Waals surface area (Å²) < 4.78 is 4.70. The molecule has 0 aromatic heterocycles. The third kappa shape index (κ3) is 3.67. The summed E-state index contributed by atoms with van der Waals surface area (Å²) in [5.74, 6) is -1.06. The zero-order chi connectivity index (χ0) is 12.9. The van der Waals surface area contributed by atoms with E-state index >= 15 is 0 Å². The Morgan fingerprint density at radius 2 is 1.88 bits per heavy atom. The van der Waals surface area contributed by atoms with Gasteiger partial charge in [-0.3, -0.25) is 4.79 Å². The predicted molar refractivity (Wildman–Crippen MR) is 62.6 cm³/mol. The van der Waals surface area contributed by atoms with Crippen LogP contribution in [-0.2, 0) is 9.53 Å². The summed E-state index contributed by atoms with van der Waals surface area (Å²) in [6, 6.07) is 8.53. The van der Waals surface area contributed by atoms with Crippen molar-refractivity contribution in [1.82, 2.24) is 0 Å². The first-order valence-electron chi connectivity index (χ1n) is 5.45. The van der Waals surface area contributed by atoms with Gasteiger partial charge in [0.25, 0.3) is 0 Å². The maximum atomic E-state index is 11.8. The Balaban J connectivity index is 2.71. The highest BCUT2D eigenvalue weighted by Gasteiger charge is 2.34. The Hall–Kier alpha value is -1.68. The Labute approximate surface area is 100 Å². The van der Waals surface area contributed by atoms with Crippen molar-refractivity contribution in [2.24, 2.45) is 0 Å². The number of benzene rings is 1. The highest BCUT2D eigenvalue weighted by atomic mass is 16.5. The molecule has 0 amide bonds. The van der Waals surface area contributed by atoms with Crippen LogP contribution in [0.4, 0.5) is 0 Å². The van der Waals surface area contributed by atoms with Gasteiger partial charge >= 0.3 is 5.97 Å². The van der Waals surface area contributed by atoms with Gasteiger partial charge < -0.3 is 9.84 Å². The van der Waals surface area contributed by atoms with Crippen molar-refractivity contribution in [3.63, 3.8) is 0 Å². The van der Waals surface area contributed by atoms with Gasteiger partial charge in [-0.1, -0.05) is 30.3 Å². The fourth-order valence-corrected chi connectivity index (χ4v) is 1.40. The van der Waals surface area contributed by atoms with E-state index in [4.69, 9.17) is 4.74 Å². The van der Waals surface area contributed by atoms with E-state index in [1.807, 2.05) is 0 Å². The van der Waals surface area contributed by atoms with Crippen molar-refractivity contribution in [3.8, 4) is 0 Å². The van der Waals surface area contributed by atoms with E-state index in [1.165, 1.54) is 6.92 Å². The van der Waals surface area contributed by atoms with E-state index < -0.39 is 11.6 Å². The number of carbonyl (C=O) groups is 2. The largest absolute Gasteiger partial charge is 0.464 e. The molecule has 92 valence electrons. The molecule has 0 aliphatic carbocycles. The van der Waals surface area contributed by atoms with Gasteiger partial charge in [0, 0.05) is 5.56 Å². The third-order valence-electron chi connectivity index (χ3n) is 2.32. The lowest BCUT2D eigenvalue weighted by Crippen LogP contribution is -2.39. The number of ketones is 1. The SMILES string of the molecule is CCOC(=O)[C@@](C)(O)CC(=O)c1ccccc1. The van der Waals surface area contributed by atoms with Crippen LogP contribution < -0.4 is 0 Å². The van der Waals surface area contributed by atoms with Crippen molar-refractivity contribution in [3.05, 3.63) is 35.9 Å². The van der Waals surface area contributed by atoms with Crippen LogP contribution in [0.15, 0.2) is 30.3 Å². The van der Waals surface area contributed by atoms with Crippen LogP contribution in [0.5, 0.6) is 0 Å². The maximum Gasteiger partial charge on any atom is 0.338 e. The number of aliphatic hydroxyl groups is 1. The van der Waals surface area contributed by atoms with E-state index in [1.54, 1.807) is 37.3 Å². The van der Waals surface area contributed by atoms with Gasteiger partial charge in [-0.25, -0.2) is 4.79 Å². The molecule has 1 N–H and O–H groups in total. The highest BCUT2D eigenvalue weighted by Crippen LogP contribution is 2.16. The summed E-state index contributed by atoms with van der Waals surface area (Å²) >= 11 is 0. The fraction of sp³-hybridized carbons (Fsp3) is 0.385. The molecule has 1 atom stereocenters. The van der Waals surface area contributed by atoms with E-state index in [9.17, 15) is 14.7 Å². The molecule has 0 heterocycles. The van der Waals surface area contributed by atoms with Gasteiger partial charge in [-0.2, -0.15) is 0 Å². The minimum absolute atomic E-state index is 0.175. The van der Waals surface area contributed by atoms with Gasteiger partial charge in [0.1, 0.15) is 0 Å². The summed E-state index contributed by atoms with van der Waals surface area (Å²) in [7, 11) is 0. The Morgan fingerprint density at radius 1 is 1.29 bits per heavy atom. The molecule has 0 saturated heterocycles. The quantitative estimate of drug-likeness (QED) is 0.622. The average molecular weight is 236 g/mol. The fourth-order valence-electron chi connectivity index (χ4n) is 1.40. The molecule has 1 aromatic rings. The average Bonchev–Trinajstić information content (AvgIpc) is 2.30. The number of ether oxygens (including phenoxy) is 1. The zero-order valence-corrected chi connectivity index (χ0v) is 9.97. The smallest absolute Gasteiger partial charge is 0.338 e. The van der Waals surface area contributed by atoms with Gasteiger partial charge in [-0.15, -0.1) is 0 Å². The molecule has 17 heavy (non-hydrogen) atoms. The summed E-state index contributed by atoms with van der Waals surface area (Å²) in [6.45, 7) is 3.10. The summed E-state index contributed by atoms with van der Waals surface area (Å²) in [5.41, 5.74) is -1.31. The number of esters is 1. The van der Waals surface area contributed by atoms with Gasteiger partial charge in [0.2, 0.25) is 0 Å². The second kappa shape index (κ2) is 5.59. The molecular formula is C13H16O4. The van der Waals surface area contributed by atoms with Crippen molar-refractivity contribution >= 4 is 11.8 Å². The number of Topliss-reactive ketones (excluding diaryl/α,β-unsaturated/α-hetero) is 1. The molecule has 0 spiro atoms. The molecule has 0 fully saturated rings. The van der Waals surface area contributed by atoms with Crippen molar-refractivity contribution in [2.45, 2.75) is 25.9 Å². The van der Waals surface area contributed by atoms with Crippen molar-refractivity contribution < 1.29 is 19.4 Å². The molecule has 0 aliphatic heterocycles. The summed E-state index contributed by atoms with van der Waals surface area (Å²) in [4.78, 5) is 23.2. The van der Waals surface area contributed by atoms with E-state index in [0.717, 1.165) is 0 Å². The minimum Gasteiger partial charge on any atom is -0.464 e. The van der Waals surface area contributed by atoms with Crippen molar-refractivity contribution in [1.29, 1.82) is 0 Å². The molecule has 1 aromatic carbocycles. The Bertz CT molecular complexity index is 395. The van der Waals surface area contributed by atoms with Gasteiger partial charge in [0.05, 0.1) is 13.0 Å². The predicted octanol–water partition coefficient (Wildman–Crippen LogP) is 1.57. The second-order valence-electron chi connectivity index (χ2n) is 3.96. The summed E-state index contributed by atoms with van der Waals surface area (Å²) in [5, 5.41) is 9.85.